The van der Waals surface area contributed by atoms with Crippen molar-refractivity contribution >= 4 is 5.69 Å². The van der Waals surface area contributed by atoms with E-state index in [1.165, 1.54) is 16.8 Å². The molecular weight excluding hydrogens is 234 g/mol. The minimum absolute atomic E-state index is 0.282. The molecule has 0 radical (unpaired) electrons. The molecule has 0 unspecified atom stereocenters. The van der Waals surface area contributed by atoms with Crippen molar-refractivity contribution in [1.29, 1.82) is 0 Å². The van der Waals surface area contributed by atoms with E-state index in [2.05, 4.69) is 55.7 Å². The van der Waals surface area contributed by atoms with Gasteiger partial charge in [0, 0.05) is 44.0 Å². The summed E-state index contributed by atoms with van der Waals surface area (Å²) in [6.45, 7) is 14.2. The number of piperazine rings is 1. The van der Waals surface area contributed by atoms with E-state index < -0.39 is 0 Å². The number of aryl methyl sites for hydroxylation is 1. The van der Waals surface area contributed by atoms with Gasteiger partial charge in [0.1, 0.15) is 0 Å². The standard InChI is InChI=1S/C16H27N3/c1-13-11-14(12-17)5-6-15(13)18-7-9-19(10-8-18)16(2,3)4/h5-6,11H,7-10,12,17H2,1-4H3. The Morgan fingerprint density at radius 2 is 1.74 bits per heavy atom. The van der Waals surface area contributed by atoms with Gasteiger partial charge in [0.15, 0.2) is 0 Å². The molecular formula is C16H27N3. The first kappa shape index (κ1) is 14.4. The van der Waals surface area contributed by atoms with Gasteiger partial charge in [-0.2, -0.15) is 0 Å². The summed E-state index contributed by atoms with van der Waals surface area (Å²) in [6, 6.07) is 6.59. The third-order valence-electron chi connectivity index (χ3n) is 4.07. The van der Waals surface area contributed by atoms with Gasteiger partial charge in [-0.15, -0.1) is 0 Å². The molecule has 19 heavy (non-hydrogen) atoms. The summed E-state index contributed by atoms with van der Waals surface area (Å²) in [5.41, 5.74) is 9.90. The van der Waals surface area contributed by atoms with E-state index in [1.807, 2.05) is 0 Å². The van der Waals surface area contributed by atoms with Crippen LogP contribution in [0.4, 0.5) is 5.69 Å². The molecule has 0 saturated carbocycles. The van der Waals surface area contributed by atoms with Gasteiger partial charge >= 0.3 is 0 Å². The molecule has 106 valence electrons. The molecule has 0 aromatic heterocycles. The highest BCUT2D eigenvalue weighted by molar-refractivity contribution is 5.54. The van der Waals surface area contributed by atoms with E-state index in [4.69, 9.17) is 5.73 Å². The van der Waals surface area contributed by atoms with Crippen LogP contribution in [0.25, 0.3) is 0 Å². The summed E-state index contributed by atoms with van der Waals surface area (Å²) in [7, 11) is 0. The van der Waals surface area contributed by atoms with Gasteiger partial charge in [-0.3, -0.25) is 4.90 Å². The van der Waals surface area contributed by atoms with Crippen LogP contribution in [0.5, 0.6) is 0 Å². The Morgan fingerprint density at radius 1 is 1.11 bits per heavy atom. The molecule has 3 heteroatoms. The summed E-state index contributed by atoms with van der Waals surface area (Å²) < 4.78 is 0. The van der Waals surface area contributed by atoms with E-state index in [1.54, 1.807) is 0 Å². The maximum Gasteiger partial charge on any atom is 0.0397 e. The summed E-state index contributed by atoms with van der Waals surface area (Å²) >= 11 is 0. The second kappa shape index (κ2) is 5.51. The number of hydrogen-bond acceptors (Lipinski definition) is 3. The normalized spacial score (nSPS) is 17.8. The highest BCUT2D eigenvalue weighted by atomic mass is 15.3. The van der Waals surface area contributed by atoms with Crippen LogP contribution < -0.4 is 10.6 Å². The Bertz CT molecular complexity index is 426. The zero-order valence-corrected chi connectivity index (χ0v) is 12.7. The van der Waals surface area contributed by atoms with Crippen molar-refractivity contribution in [2.24, 2.45) is 5.73 Å². The maximum atomic E-state index is 5.69. The van der Waals surface area contributed by atoms with Crippen LogP contribution in [-0.2, 0) is 6.54 Å². The van der Waals surface area contributed by atoms with Crippen LogP contribution in [-0.4, -0.2) is 36.6 Å². The lowest BCUT2D eigenvalue weighted by Crippen LogP contribution is -2.53. The Kier molecular flexibility index (Phi) is 4.16. The Labute approximate surface area is 117 Å². The van der Waals surface area contributed by atoms with Crippen LogP contribution in [0, 0.1) is 6.92 Å². The number of benzene rings is 1. The monoisotopic (exact) mass is 261 g/mol. The van der Waals surface area contributed by atoms with Crippen molar-refractivity contribution in [3.8, 4) is 0 Å². The molecule has 0 atom stereocenters. The predicted octanol–water partition coefficient (Wildman–Crippen LogP) is 2.37. The smallest absolute Gasteiger partial charge is 0.0397 e. The van der Waals surface area contributed by atoms with Crippen LogP contribution in [0.15, 0.2) is 18.2 Å². The molecule has 1 fully saturated rings. The first-order valence-electron chi connectivity index (χ1n) is 7.21. The van der Waals surface area contributed by atoms with Crippen LogP contribution in [0.2, 0.25) is 0 Å². The van der Waals surface area contributed by atoms with Crippen molar-refractivity contribution < 1.29 is 0 Å². The Morgan fingerprint density at radius 3 is 2.21 bits per heavy atom. The molecule has 3 nitrogen and oxygen atoms in total. The summed E-state index contributed by atoms with van der Waals surface area (Å²) in [5, 5.41) is 0. The van der Waals surface area contributed by atoms with Gasteiger partial charge in [-0.05, 0) is 44.9 Å². The molecule has 0 bridgehead atoms. The third kappa shape index (κ3) is 3.28. The lowest BCUT2D eigenvalue weighted by Gasteiger charge is -2.43. The van der Waals surface area contributed by atoms with Crippen molar-refractivity contribution in [1.82, 2.24) is 4.90 Å². The molecule has 0 spiro atoms. The molecule has 1 saturated heterocycles. The number of nitrogens with two attached hydrogens (primary N) is 1. The van der Waals surface area contributed by atoms with E-state index in [9.17, 15) is 0 Å². The van der Waals surface area contributed by atoms with Crippen molar-refractivity contribution in [2.75, 3.05) is 31.1 Å². The lowest BCUT2D eigenvalue weighted by atomic mass is 10.0. The van der Waals surface area contributed by atoms with Gasteiger partial charge in [-0.1, -0.05) is 12.1 Å². The molecule has 0 amide bonds. The Hall–Kier alpha value is -1.06. The number of hydrogen-bond donors (Lipinski definition) is 1. The summed E-state index contributed by atoms with van der Waals surface area (Å²) in [5.74, 6) is 0. The molecule has 1 aromatic carbocycles. The number of rotatable bonds is 2. The highest BCUT2D eigenvalue weighted by Gasteiger charge is 2.26. The van der Waals surface area contributed by atoms with Gasteiger partial charge < -0.3 is 10.6 Å². The quantitative estimate of drug-likeness (QED) is 0.887. The average molecular weight is 261 g/mol. The average Bonchev–Trinajstić information content (AvgIpc) is 2.37. The second-order valence-corrected chi connectivity index (χ2v) is 6.47. The van der Waals surface area contributed by atoms with Crippen molar-refractivity contribution in [3.05, 3.63) is 29.3 Å². The lowest BCUT2D eigenvalue weighted by molar-refractivity contribution is 0.128. The van der Waals surface area contributed by atoms with E-state index >= 15 is 0 Å². The van der Waals surface area contributed by atoms with Gasteiger partial charge in [0.2, 0.25) is 0 Å². The summed E-state index contributed by atoms with van der Waals surface area (Å²) in [6.07, 6.45) is 0. The fraction of sp³-hybridized carbons (Fsp3) is 0.625. The predicted molar refractivity (Wildman–Crippen MR) is 82.6 cm³/mol. The molecule has 1 aliphatic heterocycles. The van der Waals surface area contributed by atoms with Gasteiger partial charge in [-0.25, -0.2) is 0 Å². The van der Waals surface area contributed by atoms with E-state index in [0.29, 0.717) is 6.54 Å². The topological polar surface area (TPSA) is 32.5 Å². The van der Waals surface area contributed by atoms with Crippen molar-refractivity contribution in [3.63, 3.8) is 0 Å². The molecule has 0 aliphatic carbocycles. The molecule has 2 N–H and O–H groups in total. The molecule has 1 aromatic rings. The summed E-state index contributed by atoms with van der Waals surface area (Å²) in [4.78, 5) is 5.06. The SMILES string of the molecule is Cc1cc(CN)ccc1N1CCN(C(C)(C)C)CC1. The number of anilines is 1. The fourth-order valence-electron chi connectivity index (χ4n) is 2.82. The van der Waals surface area contributed by atoms with Crippen LogP contribution >= 0.6 is 0 Å². The minimum atomic E-state index is 0.282. The minimum Gasteiger partial charge on any atom is -0.369 e. The largest absolute Gasteiger partial charge is 0.369 e. The zero-order chi connectivity index (χ0) is 14.0. The molecule has 2 rings (SSSR count). The first-order chi connectivity index (χ1) is 8.91. The number of nitrogens with zero attached hydrogens (tertiary/aromatic N) is 2. The van der Waals surface area contributed by atoms with E-state index in [0.717, 1.165) is 26.2 Å². The Balaban J connectivity index is 2.06. The van der Waals surface area contributed by atoms with Crippen molar-refractivity contribution in [2.45, 2.75) is 39.8 Å². The zero-order valence-electron chi connectivity index (χ0n) is 12.7. The first-order valence-corrected chi connectivity index (χ1v) is 7.21. The maximum absolute atomic E-state index is 5.69. The van der Waals surface area contributed by atoms with Crippen LogP contribution in [0.1, 0.15) is 31.9 Å². The van der Waals surface area contributed by atoms with Gasteiger partial charge in [0.05, 0.1) is 0 Å². The third-order valence-corrected chi connectivity index (χ3v) is 4.07. The highest BCUT2D eigenvalue weighted by Crippen LogP contribution is 2.24. The van der Waals surface area contributed by atoms with Crippen LogP contribution in [0.3, 0.4) is 0 Å². The molecule has 1 heterocycles. The second-order valence-electron chi connectivity index (χ2n) is 6.47. The van der Waals surface area contributed by atoms with E-state index in [-0.39, 0.29) is 5.54 Å². The molecule has 1 aliphatic rings. The fourth-order valence-corrected chi connectivity index (χ4v) is 2.82. The van der Waals surface area contributed by atoms with Gasteiger partial charge in [0.25, 0.3) is 0 Å².